The summed E-state index contributed by atoms with van der Waals surface area (Å²) in [5.74, 6) is 1.96. The molecule has 3 heterocycles. The molecule has 10 heteroatoms. The summed E-state index contributed by atoms with van der Waals surface area (Å²) in [6.45, 7) is 6.47. The molecule has 0 spiro atoms. The maximum absolute atomic E-state index is 12.9. The molecule has 1 saturated heterocycles. The predicted octanol–water partition coefficient (Wildman–Crippen LogP) is 3.90. The van der Waals surface area contributed by atoms with Crippen molar-refractivity contribution in [3.05, 3.63) is 72.3 Å². The van der Waals surface area contributed by atoms with Gasteiger partial charge in [-0.2, -0.15) is 0 Å². The van der Waals surface area contributed by atoms with Crippen molar-refractivity contribution >= 4 is 34.2 Å². The number of pyridine rings is 1. The Morgan fingerprint density at radius 2 is 1.95 bits per heavy atom. The number of aryl methyl sites for hydroxylation is 2. The van der Waals surface area contributed by atoms with Gasteiger partial charge in [-0.25, -0.2) is 9.97 Å². The molecule has 0 bridgehead atoms. The molecule has 4 aromatic rings. The average Bonchev–Trinajstić information content (AvgIpc) is 2.91. The molecule has 0 unspecified atom stereocenters. The number of hydrogen-bond acceptors (Lipinski definition) is 8. The minimum Gasteiger partial charge on any atom is -0.480 e. The number of ether oxygens (including phenoxy) is 2. The molecular weight excluding hydrogens is 484 g/mol. The van der Waals surface area contributed by atoms with Crippen LogP contribution in [0.2, 0.25) is 0 Å². The normalized spacial score (nSPS) is 14.1. The number of aromatic nitrogens is 3. The van der Waals surface area contributed by atoms with Crippen molar-refractivity contribution in [2.24, 2.45) is 0 Å². The van der Waals surface area contributed by atoms with E-state index in [0.717, 1.165) is 22.7 Å². The highest BCUT2D eigenvalue weighted by Gasteiger charge is 2.27. The Morgan fingerprint density at radius 3 is 2.71 bits per heavy atom. The number of amides is 2. The fourth-order valence-corrected chi connectivity index (χ4v) is 4.22. The van der Waals surface area contributed by atoms with E-state index in [0.29, 0.717) is 41.3 Å². The van der Waals surface area contributed by atoms with E-state index in [4.69, 9.17) is 9.47 Å². The first-order chi connectivity index (χ1) is 18.4. The van der Waals surface area contributed by atoms with Gasteiger partial charge in [-0.05, 0) is 68.8 Å². The number of carbonyl (C=O) groups is 2. The standard InChI is InChI=1S/C28H28N6O4/c1-17-13-20(8-10-23(17)38-21-9-7-18(2)30-14-21)33-27-26-22(31-16-32-27)5-4-6-24(26)37-19(3)28(36)34-12-11-29-25(35)15-34/h4-10,13-14,16,19H,11-12,15H2,1-3H3,(H,29,35)(H,31,32,33)/t19-/m1/s1. The molecule has 2 amide bonds. The Kier molecular flexibility index (Phi) is 7.03. The molecule has 1 atom stereocenters. The Hall–Kier alpha value is -4.73. The molecule has 194 valence electrons. The maximum Gasteiger partial charge on any atom is 0.263 e. The third kappa shape index (κ3) is 5.49. The molecule has 5 rings (SSSR count). The molecule has 1 aliphatic heterocycles. The van der Waals surface area contributed by atoms with Crippen LogP contribution in [-0.4, -0.2) is 57.4 Å². The van der Waals surface area contributed by atoms with E-state index in [1.54, 1.807) is 19.2 Å². The molecular formula is C28H28N6O4. The van der Waals surface area contributed by atoms with Crippen molar-refractivity contribution in [2.75, 3.05) is 25.0 Å². The predicted molar refractivity (Wildman–Crippen MR) is 143 cm³/mol. The molecule has 2 aromatic carbocycles. The van der Waals surface area contributed by atoms with Crippen molar-refractivity contribution in [2.45, 2.75) is 26.9 Å². The third-order valence-electron chi connectivity index (χ3n) is 6.18. The Morgan fingerprint density at radius 1 is 1.08 bits per heavy atom. The fraction of sp³-hybridized carbons (Fsp3) is 0.250. The minimum atomic E-state index is -0.797. The molecule has 2 N–H and O–H groups in total. The van der Waals surface area contributed by atoms with Gasteiger partial charge in [0, 0.05) is 24.5 Å². The summed E-state index contributed by atoms with van der Waals surface area (Å²) in [5.41, 5.74) is 3.32. The van der Waals surface area contributed by atoms with Gasteiger partial charge in [0.1, 0.15) is 29.4 Å². The summed E-state index contributed by atoms with van der Waals surface area (Å²) < 4.78 is 12.1. The van der Waals surface area contributed by atoms with Crippen LogP contribution in [0.1, 0.15) is 18.2 Å². The first-order valence-electron chi connectivity index (χ1n) is 12.3. The van der Waals surface area contributed by atoms with E-state index in [1.807, 2.05) is 56.3 Å². The fourth-order valence-electron chi connectivity index (χ4n) is 4.22. The minimum absolute atomic E-state index is 0.0253. The second kappa shape index (κ2) is 10.7. The van der Waals surface area contributed by atoms with E-state index >= 15 is 0 Å². The van der Waals surface area contributed by atoms with Crippen molar-refractivity contribution in [1.29, 1.82) is 0 Å². The van der Waals surface area contributed by atoms with Gasteiger partial charge in [-0.1, -0.05) is 6.07 Å². The van der Waals surface area contributed by atoms with Crippen LogP contribution in [0.5, 0.6) is 17.2 Å². The number of fused-ring (bicyclic) bond motifs is 1. The topological polar surface area (TPSA) is 119 Å². The largest absolute Gasteiger partial charge is 0.480 e. The SMILES string of the molecule is Cc1ccc(Oc2ccc(Nc3ncnc4cccc(O[C@H](C)C(=O)N5CCNC(=O)C5)c34)cc2C)cn1. The van der Waals surface area contributed by atoms with Gasteiger partial charge >= 0.3 is 0 Å². The highest BCUT2D eigenvalue weighted by atomic mass is 16.5. The van der Waals surface area contributed by atoms with E-state index in [2.05, 4.69) is 25.6 Å². The molecule has 0 radical (unpaired) electrons. The van der Waals surface area contributed by atoms with Crippen LogP contribution >= 0.6 is 0 Å². The zero-order valence-electron chi connectivity index (χ0n) is 21.4. The third-order valence-corrected chi connectivity index (χ3v) is 6.18. The van der Waals surface area contributed by atoms with Crippen molar-refractivity contribution in [1.82, 2.24) is 25.2 Å². The smallest absolute Gasteiger partial charge is 0.263 e. The second-order valence-electron chi connectivity index (χ2n) is 9.08. The van der Waals surface area contributed by atoms with Crippen LogP contribution in [-0.2, 0) is 9.59 Å². The number of anilines is 2. The molecule has 2 aromatic heterocycles. The number of benzene rings is 2. The number of carbonyl (C=O) groups excluding carboxylic acids is 2. The van der Waals surface area contributed by atoms with Crippen LogP contribution in [0.15, 0.2) is 61.1 Å². The number of nitrogens with zero attached hydrogens (tertiary/aromatic N) is 4. The van der Waals surface area contributed by atoms with Crippen LogP contribution in [0.4, 0.5) is 11.5 Å². The molecule has 1 aliphatic rings. The van der Waals surface area contributed by atoms with Crippen LogP contribution in [0.3, 0.4) is 0 Å². The van der Waals surface area contributed by atoms with Gasteiger partial charge in [0.25, 0.3) is 5.91 Å². The second-order valence-corrected chi connectivity index (χ2v) is 9.08. The maximum atomic E-state index is 12.9. The van der Waals surface area contributed by atoms with Gasteiger partial charge in [0.2, 0.25) is 5.91 Å². The van der Waals surface area contributed by atoms with E-state index < -0.39 is 6.10 Å². The van der Waals surface area contributed by atoms with Crippen LogP contribution < -0.4 is 20.1 Å². The quantitative estimate of drug-likeness (QED) is 0.383. The number of nitrogens with one attached hydrogen (secondary N) is 2. The van der Waals surface area contributed by atoms with Crippen LogP contribution in [0.25, 0.3) is 10.9 Å². The first-order valence-corrected chi connectivity index (χ1v) is 12.3. The average molecular weight is 513 g/mol. The van der Waals surface area contributed by atoms with E-state index in [1.165, 1.54) is 11.2 Å². The number of hydrogen-bond donors (Lipinski definition) is 2. The Bertz CT molecular complexity index is 1490. The summed E-state index contributed by atoms with van der Waals surface area (Å²) in [7, 11) is 0. The summed E-state index contributed by atoms with van der Waals surface area (Å²) in [5, 5.41) is 6.72. The summed E-state index contributed by atoms with van der Waals surface area (Å²) >= 11 is 0. The first kappa shape index (κ1) is 24.9. The molecule has 0 aliphatic carbocycles. The molecule has 38 heavy (non-hydrogen) atoms. The van der Waals surface area contributed by atoms with Crippen molar-refractivity contribution < 1.29 is 19.1 Å². The lowest BCUT2D eigenvalue weighted by Gasteiger charge is -2.29. The lowest BCUT2D eigenvalue weighted by molar-refractivity contribution is -0.143. The Balaban J connectivity index is 1.37. The summed E-state index contributed by atoms with van der Waals surface area (Å²) in [6.07, 6.45) is 2.38. The zero-order valence-corrected chi connectivity index (χ0v) is 21.4. The summed E-state index contributed by atoms with van der Waals surface area (Å²) in [4.78, 5) is 39.3. The van der Waals surface area contributed by atoms with Gasteiger partial charge in [0.15, 0.2) is 6.10 Å². The van der Waals surface area contributed by atoms with E-state index in [9.17, 15) is 9.59 Å². The number of rotatable bonds is 7. The highest BCUT2D eigenvalue weighted by molar-refractivity contribution is 5.96. The molecule has 10 nitrogen and oxygen atoms in total. The lowest BCUT2D eigenvalue weighted by Crippen LogP contribution is -2.53. The zero-order chi connectivity index (χ0) is 26.6. The highest BCUT2D eigenvalue weighted by Crippen LogP contribution is 2.34. The van der Waals surface area contributed by atoms with Crippen LogP contribution in [0, 0.1) is 13.8 Å². The van der Waals surface area contributed by atoms with E-state index in [-0.39, 0.29) is 18.4 Å². The van der Waals surface area contributed by atoms with Gasteiger partial charge < -0.3 is 25.0 Å². The Labute approximate surface area is 220 Å². The number of piperazine rings is 1. The molecule has 1 fully saturated rings. The van der Waals surface area contributed by atoms with Crippen molar-refractivity contribution in [3.63, 3.8) is 0 Å². The molecule has 0 saturated carbocycles. The summed E-state index contributed by atoms with van der Waals surface area (Å²) in [6, 6.07) is 15.0. The van der Waals surface area contributed by atoms with Gasteiger partial charge in [0.05, 0.1) is 23.6 Å². The van der Waals surface area contributed by atoms with Crippen molar-refractivity contribution in [3.8, 4) is 17.2 Å². The van der Waals surface area contributed by atoms with Gasteiger partial charge in [-0.3, -0.25) is 14.6 Å². The monoisotopic (exact) mass is 512 g/mol. The van der Waals surface area contributed by atoms with Gasteiger partial charge in [-0.15, -0.1) is 0 Å². The lowest BCUT2D eigenvalue weighted by atomic mass is 10.1.